The third-order valence-corrected chi connectivity index (χ3v) is 6.75. The highest BCUT2D eigenvalue weighted by Crippen LogP contribution is 2.30. The van der Waals surface area contributed by atoms with Gasteiger partial charge in [-0.3, -0.25) is 4.79 Å². The van der Waals surface area contributed by atoms with Crippen molar-refractivity contribution in [2.75, 3.05) is 18.7 Å². The summed E-state index contributed by atoms with van der Waals surface area (Å²) in [5, 5.41) is 2.82. The lowest BCUT2D eigenvalue weighted by Crippen LogP contribution is -2.28. The number of anilines is 1. The fourth-order valence-corrected chi connectivity index (χ4v) is 4.58. The fourth-order valence-electron chi connectivity index (χ4n) is 2.71. The van der Waals surface area contributed by atoms with E-state index in [1.165, 1.54) is 17.8 Å². The zero-order valence-electron chi connectivity index (χ0n) is 17.4. The Kier molecular flexibility index (Phi) is 8.13. The van der Waals surface area contributed by atoms with Crippen molar-refractivity contribution >= 4 is 33.4 Å². The molecule has 1 amide bonds. The van der Waals surface area contributed by atoms with Gasteiger partial charge in [0.15, 0.2) is 0 Å². The number of sulfonamides is 1. The molecule has 0 aromatic heterocycles. The molecule has 0 heterocycles. The van der Waals surface area contributed by atoms with Crippen molar-refractivity contribution in [1.29, 1.82) is 0 Å². The van der Waals surface area contributed by atoms with Crippen LogP contribution in [-0.2, 0) is 14.8 Å². The molecule has 1 atom stereocenters. The molecule has 0 radical (unpaired) electrons. The maximum atomic E-state index is 13.0. The number of carbonyl (C=O) groups is 1. The van der Waals surface area contributed by atoms with E-state index in [1.54, 1.807) is 45.2 Å². The van der Waals surface area contributed by atoms with Crippen LogP contribution < -0.4 is 14.8 Å². The average molecular weight is 437 g/mol. The first-order valence-electron chi connectivity index (χ1n) is 9.37. The summed E-state index contributed by atoms with van der Waals surface area (Å²) in [6.07, 6.45) is 2.47. The highest BCUT2D eigenvalue weighted by molar-refractivity contribution is 7.98. The van der Waals surface area contributed by atoms with Crippen molar-refractivity contribution < 1.29 is 17.9 Å². The zero-order valence-corrected chi connectivity index (χ0v) is 19.0. The summed E-state index contributed by atoms with van der Waals surface area (Å²) in [4.78, 5) is 13.0. The molecule has 0 aliphatic carbocycles. The van der Waals surface area contributed by atoms with Gasteiger partial charge in [-0.25, -0.2) is 13.1 Å². The van der Waals surface area contributed by atoms with Gasteiger partial charge in [0.05, 0.1) is 17.7 Å². The Morgan fingerprint density at radius 2 is 1.79 bits per heavy atom. The minimum Gasteiger partial charge on any atom is -0.497 e. The van der Waals surface area contributed by atoms with Gasteiger partial charge >= 0.3 is 0 Å². The molecule has 0 unspecified atom stereocenters. The number of ether oxygens (including phenoxy) is 1. The Morgan fingerprint density at radius 1 is 1.14 bits per heavy atom. The molecule has 0 aliphatic rings. The molecule has 6 nitrogen and oxygen atoms in total. The minimum atomic E-state index is -3.78. The maximum Gasteiger partial charge on any atom is 0.241 e. The molecular weight excluding hydrogens is 408 g/mol. The largest absolute Gasteiger partial charge is 0.497 e. The van der Waals surface area contributed by atoms with Crippen LogP contribution in [0.2, 0.25) is 0 Å². The van der Waals surface area contributed by atoms with Gasteiger partial charge in [0.2, 0.25) is 15.9 Å². The van der Waals surface area contributed by atoms with Crippen molar-refractivity contribution in [1.82, 2.24) is 4.72 Å². The second-order valence-corrected chi connectivity index (χ2v) is 9.42. The van der Waals surface area contributed by atoms with E-state index in [1.807, 2.05) is 25.3 Å². The minimum absolute atomic E-state index is 0.112. The zero-order chi connectivity index (χ0) is 21.6. The summed E-state index contributed by atoms with van der Waals surface area (Å²) < 4.78 is 34.0. The van der Waals surface area contributed by atoms with Crippen LogP contribution in [0.25, 0.3) is 0 Å². The highest BCUT2D eigenvalue weighted by atomic mass is 32.2. The van der Waals surface area contributed by atoms with Crippen LogP contribution in [0.15, 0.2) is 52.3 Å². The van der Waals surface area contributed by atoms with Crippen LogP contribution in [0.4, 0.5) is 5.69 Å². The van der Waals surface area contributed by atoms with Gasteiger partial charge in [-0.2, -0.15) is 0 Å². The molecule has 29 heavy (non-hydrogen) atoms. The molecule has 0 aliphatic heterocycles. The first-order chi connectivity index (χ1) is 13.7. The second kappa shape index (κ2) is 10.1. The van der Waals surface area contributed by atoms with Crippen molar-refractivity contribution in [3.05, 3.63) is 48.0 Å². The molecule has 0 fully saturated rings. The van der Waals surface area contributed by atoms with Gasteiger partial charge in [-0.15, -0.1) is 11.8 Å². The van der Waals surface area contributed by atoms with Crippen molar-refractivity contribution in [3.8, 4) is 5.75 Å². The molecule has 0 saturated carbocycles. The summed E-state index contributed by atoms with van der Waals surface area (Å²) in [6.45, 7) is 5.50. The van der Waals surface area contributed by atoms with E-state index in [9.17, 15) is 13.2 Å². The van der Waals surface area contributed by atoms with Gasteiger partial charge in [0.25, 0.3) is 0 Å². The first kappa shape index (κ1) is 23.3. The number of thioether (sulfide) groups is 1. The van der Waals surface area contributed by atoms with E-state index in [2.05, 4.69) is 10.0 Å². The van der Waals surface area contributed by atoms with Crippen LogP contribution >= 0.6 is 11.8 Å². The number of methoxy groups -OCH3 is 1. The van der Waals surface area contributed by atoms with Gasteiger partial charge in [0, 0.05) is 16.9 Å². The molecule has 0 bridgehead atoms. The van der Waals surface area contributed by atoms with E-state index >= 15 is 0 Å². The monoisotopic (exact) mass is 436 g/mol. The van der Waals surface area contributed by atoms with Crippen LogP contribution in [0.5, 0.6) is 5.75 Å². The van der Waals surface area contributed by atoms with Crippen molar-refractivity contribution in [3.63, 3.8) is 0 Å². The van der Waals surface area contributed by atoms with E-state index < -0.39 is 10.0 Å². The Labute approximate surface area is 177 Å². The number of nitrogens with one attached hydrogen (secondary N) is 2. The van der Waals surface area contributed by atoms with E-state index in [0.29, 0.717) is 17.9 Å². The smallest absolute Gasteiger partial charge is 0.241 e. The Balaban J connectivity index is 2.31. The van der Waals surface area contributed by atoms with Crippen molar-refractivity contribution in [2.45, 2.75) is 43.0 Å². The molecule has 158 valence electrons. The van der Waals surface area contributed by atoms with Crippen LogP contribution in [0.1, 0.15) is 38.8 Å². The number of hydrogen-bond donors (Lipinski definition) is 2. The lowest BCUT2D eigenvalue weighted by molar-refractivity contribution is -0.118. The van der Waals surface area contributed by atoms with Gasteiger partial charge in [-0.1, -0.05) is 32.9 Å². The van der Waals surface area contributed by atoms with Gasteiger partial charge in [-0.05, 0) is 48.6 Å². The predicted octanol–water partition coefficient (Wildman–Crippen LogP) is 4.44. The topological polar surface area (TPSA) is 84.5 Å². The normalized spacial score (nSPS) is 12.6. The molecule has 2 aromatic rings. The first-order valence-corrected chi connectivity index (χ1v) is 12.1. The standard InChI is InChI=1S/C21H28N2O4S2/c1-6-18(15-7-9-16(27-4)10-8-15)23-29(25,26)17-11-12-20(28-5)19(13-17)22-21(24)14(2)3/h7-14,18,23H,6H2,1-5H3,(H,22,24)/t18-/m1/s1. The summed E-state index contributed by atoms with van der Waals surface area (Å²) in [6, 6.07) is 11.7. The Bertz CT molecular complexity index is 942. The van der Waals surface area contributed by atoms with Gasteiger partial charge in [0.1, 0.15) is 5.75 Å². The number of rotatable bonds is 9. The van der Waals surface area contributed by atoms with E-state index in [4.69, 9.17) is 4.74 Å². The van der Waals surface area contributed by atoms with Crippen LogP contribution in [0, 0.1) is 5.92 Å². The molecule has 0 saturated heterocycles. The lowest BCUT2D eigenvalue weighted by atomic mass is 10.1. The summed E-state index contributed by atoms with van der Waals surface area (Å²) >= 11 is 1.45. The lowest BCUT2D eigenvalue weighted by Gasteiger charge is -2.19. The third kappa shape index (κ3) is 5.98. The number of carbonyl (C=O) groups excluding carboxylic acids is 1. The SMILES string of the molecule is CC[C@@H](NS(=O)(=O)c1ccc(SC)c(NC(=O)C(C)C)c1)c1ccc(OC)cc1. The third-order valence-electron chi connectivity index (χ3n) is 4.49. The summed E-state index contributed by atoms with van der Waals surface area (Å²) in [5.41, 5.74) is 1.35. The molecular formula is C21H28N2O4S2. The van der Waals surface area contributed by atoms with E-state index in [-0.39, 0.29) is 22.8 Å². The fraction of sp³-hybridized carbons (Fsp3) is 0.381. The van der Waals surface area contributed by atoms with Crippen LogP contribution in [0.3, 0.4) is 0 Å². The Morgan fingerprint density at radius 3 is 2.31 bits per heavy atom. The quantitative estimate of drug-likeness (QED) is 0.568. The highest BCUT2D eigenvalue weighted by Gasteiger charge is 2.22. The Hall–Kier alpha value is -2.03. The molecule has 2 rings (SSSR count). The van der Waals surface area contributed by atoms with Gasteiger partial charge < -0.3 is 10.1 Å². The molecule has 0 spiro atoms. The molecule has 8 heteroatoms. The van der Waals surface area contributed by atoms with Crippen molar-refractivity contribution in [2.24, 2.45) is 5.92 Å². The maximum absolute atomic E-state index is 13.0. The number of benzene rings is 2. The number of hydrogen-bond acceptors (Lipinski definition) is 5. The summed E-state index contributed by atoms with van der Waals surface area (Å²) in [7, 11) is -2.19. The van der Waals surface area contributed by atoms with E-state index in [0.717, 1.165) is 10.5 Å². The van der Waals surface area contributed by atoms with Crippen LogP contribution in [-0.4, -0.2) is 27.7 Å². The number of amides is 1. The predicted molar refractivity (Wildman–Crippen MR) is 118 cm³/mol. The average Bonchev–Trinajstić information content (AvgIpc) is 2.72. The molecule has 2 aromatic carbocycles. The second-order valence-electron chi connectivity index (χ2n) is 6.86. The molecule has 2 N–H and O–H groups in total. The summed E-state index contributed by atoms with van der Waals surface area (Å²) in [5.74, 6) is 0.347.